The predicted octanol–water partition coefficient (Wildman–Crippen LogP) is 5.25. The van der Waals surface area contributed by atoms with Gasteiger partial charge in [-0.3, -0.25) is 0 Å². The van der Waals surface area contributed by atoms with Crippen molar-refractivity contribution in [2.75, 3.05) is 20.2 Å². The van der Waals surface area contributed by atoms with E-state index in [1.807, 2.05) is 30.5 Å². The molecule has 1 saturated carbocycles. The second-order valence-electron chi connectivity index (χ2n) is 7.85. The molecule has 0 radical (unpaired) electrons. The summed E-state index contributed by atoms with van der Waals surface area (Å²) >= 11 is 1.51. The van der Waals surface area contributed by atoms with Crippen LogP contribution in [0, 0.1) is 12.8 Å². The van der Waals surface area contributed by atoms with Crippen molar-refractivity contribution in [3.63, 3.8) is 0 Å². The molecule has 3 heterocycles. The smallest absolute Gasteiger partial charge is 0.415 e. The fraction of sp³-hybridized carbons (Fsp3) is 0.545. The van der Waals surface area contributed by atoms with E-state index in [1.165, 1.54) is 30.6 Å². The average Bonchev–Trinajstić information content (AvgIpc) is 3.15. The molecule has 2 fully saturated rings. The van der Waals surface area contributed by atoms with Crippen molar-refractivity contribution in [1.29, 1.82) is 0 Å². The molecule has 0 aromatic carbocycles. The van der Waals surface area contributed by atoms with Crippen molar-refractivity contribution in [2.24, 2.45) is 5.92 Å². The van der Waals surface area contributed by atoms with Gasteiger partial charge in [0.2, 0.25) is 0 Å². The fourth-order valence-electron chi connectivity index (χ4n) is 3.62. The van der Waals surface area contributed by atoms with Gasteiger partial charge in [-0.1, -0.05) is 6.42 Å². The Morgan fingerprint density at radius 1 is 1.21 bits per heavy atom. The second kappa shape index (κ2) is 9.13. The molecule has 2 aromatic rings. The van der Waals surface area contributed by atoms with E-state index in [2.05, 4.69) is 4.98 Å². The number of carbonyl (C=O) groups excluding carboxylic acids is 1. The summed E-state index contributed by atoms with van der Waals surface area (Å²) in [5.74, 6) is 1.90. The summed E-state index contributed by atoms with van der Waals surface area (Å²) in [4.78, 5) is 19.7. The van der Waals surface area contributed by atoms with Gasteiger partial charge in [-0.15, -0.1) is 11.3 Å². The molecule has 0 spiro atoms. The van der Waals surface area contributed by atoms with Gasteiger partial charge in [-0.2, -0.15) is 0 Å². The minimum absolute atomic E-state index is 0.195. The van der Waals surface area contributed by atoms with Gasteiger partial charge in [-0.25, -0.2) is 9.78 Å². The minimum atomic E-state index is -0.317. The first kappa shape index (κ1) is 20.2. The van der Waals surface area contributed by atoms with E-state index in [1.54, 1.807) is 11.9 Å². The molecule has 4 rings (SSSR count). The molecule has 1 aliphatic heterocycles. The Morgan fingerprint density at radius 3 is 2.76 bits per heavy atom. The fourth-order valence-corrected chi connectivity index (χ4v) is 4.41. The molecule has 0 bridgehead atoms. The number of pyridine rings is 1. The molecule has 6 nitrogen and oxygen atoms in total. The van der Waals surface area contributed by atoms with Crippen LogP contribution in [-0.4, -0.2) is 42.5 Å². The molecular formula is C22H28N2O4S. The van der Waals surface area contributed by atoms with E-state index < -0.39 is 0 Å². The highest BCUT2D eigenvalue weighted by Gasteiger charge is 2.24. The Balaban J connectivity index is 1.42. The molecule has 29 heavy (non-hydrogen) atoms. The first-order chi connectivity index (χ1) is 14.1. The summed E-state index contributed by atoms with van der Waals surface area (Å²) in [5.41, 5.74) is 1.57. The number of aryl methyl sites for hydroxylation is 1. The van der Waals surface area contributed by atoms with E-state index in [9.17, 15) is 4.79 Å². The van der Waals surface area contributed by atoms with Crippen LogP contribution in [-0.2, 0) is 4.74 Å². The van der Waals surface area contributed by atoms with Crippen LogP contribution in [0.4, 0.5) is 4.79 Å². The summed E-state index contributed by atoms with van der Waals surface area (Å²) < 4.78 is 17.3. The number of carbonyl (C=O) groups is 1. The topological polar surface area (TPSA) is 60.9 Å². The van der Waals surface area contributed by atoms with Crippen LogP contribution in [0.5, 0.6) is 11.5 Å². The van der Waals surface area contributed by atoms with Crippen molar-refractivity contribution in [2.45, 2.75) is 51.7 Å². The number of rotatable bonds is 6. The van der Waals surface area contributed by atoms with Crippen molar-refractivity contribution >= 4 is 17.4 Å². The lowest BCUT2D eigenvalue weighted by Crippen LogP contribution is -2.36. The third-order valence-corrected chi connectivity index (χ3v) is 6.48. The van der Waals surface area contributed by atoms with Crippen LogP contribution < -0.4 is 9.47 Å². The van der Waals surface area contributed by atoms with Gasteiger partial charge < -0.3 is 19.1 Å². The Hall–Kier alpha value is -2.12. The van der Waals surface area contributed by atoms with Crippen molar-refractivity contribution < 1.29 is 19.0 Å². The SMILES string of the molecule is Cc1nc(-c2sccc2OC(=O)N(C)CC2CCC2)ccc1OC1CCCCO1. The number of hydrogen-bond acceptors (Lipinski definition) is 6. The number of amides is 1. The summed E-state index contributed by atoms with van der Waals surface area (Å²) in [6, 6.07) is 5.66. The molecule has 7 heteroatoms. The Kier molecular flexibility index (Phi) is 6.35. The van der Waals surface area contributed by atoms with Gasteiger partial charge in [-0.05, 0) is 62.1 Å². The molecule has 1 unspecified atom stereocenters. The molecule has 1 saturated heterocycles. The summed E-state index contributed by atoms with van der Waals surface area (Å²) in [6.07, 6.45) is 6.26. The lowest BCUT2D eigenvalue weighted by atomic mass is 9.85. The van der Waals surface area contributed by atoms with Crippen LogP contribution in [0.1, 0.15) is 44.2 Å². The van der Waals surface area contributed by atoms with Crippen LogP contribution in [0.25, 0.3) is 10.6 Å². The average molecular weight is 417 g/mol. The van der Waals surface area contributed by atoms with Crippen molar-refractivity contribution in [1.82, 2.24) is 9.88 Å². The zero-order valence-corrected chi connectivity index (χ0v) is 17.9. The van der Waals surface area contributed by atoms with Crippen LogP contribution >= 0.6 is 11.3 Å². The largest absolute Gasteiger partial charge is 0.463 e. The number of hydrogen-bond donors (Lipinski definition) is 0. The van der Waals surface area contributed by atoms with Gasteiger partial charge in [0.25, 0.3) is 0 Å². The molecule has 2 aliphatic rings. The van der Waals surface area contributed by atoms with Crippen molar-refractivity contribution in [3.8, 4) is 22.1 Å². The zero-order chi connectivity index (χ0) is 20.2. The molecule has 1 amide bonds. The van der Waals surface area contributed by atoms with Crippen molar-refractivity contribution in [3.05, 3.63) is 29.3 Å². The van der Waals surface area contributed by atoms with Gasteiger partial charge in [0, 0.05) is 20.0 Å². The van der Waals surface area contributed by atoms with E-state index in [4.69, 9.17) is 14.2 Å². The maximum absolute atomic E-state index is 12.5. The third-order valence-electron chi connectivity index (χ3n) is 5.56. The van der Waals surface area contributed by atoms with E-state index in [0.29, 0.717) is 11.7 Å². The number of ether oxygens (including phenoxy) is 3. The first-order valence-electron chi connectivity index (χ1n) is 10.4. The summed E-state index contributed by atoms with van der Waals surface area (Å²) in [5, 5.41) is 1.92. The van der Waals surface area contributed by atoms with Gasteiger partial charge in [0.15, 0.2) is 12.0 Å². The molecule has 156 valence electrons. The Morgan fingerprint density at radius 2 is 2.07 bits per heavy atom. The summed E-state index contributed by atoms with van der Waals surface area (Å²) in [6.45, 7) is 3.42. The number of aromatic nitrogens is 1. The molecule has 2 aromatic heterocycles. The van der Waals surface area contributed by atoms with E-state index in [0.717, 1.165) is 54.4 Å². The standard InChI is InChI=1S/C22H28N2O4S/c1-15-18(27-20-8-3-4-12-26-20)10-9-17(23-15)21-19(11-13-29-21)28-22(25)24(2)14-16-6-5-7-16/h9-11,13,16,20H,3-8,12,14H2,1-2H3. The molecule has 1 aliphatic carbocycles. The quantitative estimate of drug-likeness (QED) is 0.643. The normalized spacial score (nSPS) is 19.4. The minimum Gasteiger partial charge on any atom is -0.463 e. The highest BCUT2D eigenvalue weighted by atomic mass is 32.1. The molecule has 1 atom stereocenters. The maximum Gasteiger partial charge on any atom is 0.415 e. The Labute approximate surface area is 175 Å². The number of nitrogens with zero attached hydrogens (tertiary/aromatic N) is 2. The van der Waals surface area contributed by atoms with Crippen LogP contribution in [0.2, 0.25) is 0 Å². The van der Waals surface area contributed by atoms with Gasteiger partial charge >= 0.3 is 6.09 Å². The lowest BCUT2D eigenvalue weighted by molar-refractivity contribution is -0.106. The second-order valence-corrected chi connectivity index (χ2v) is 8.77. The van der Waals surface area contributed by atoms with E-state index in [-0.39, 0.29) is 12.4 Å². The highest BCUT2D eigenvalue weighted by Crippen LogP contribution is 2.36. The maximum atomic E-state index is 12.5. The predicted molar refractivity (Wildman–Crippen MR) is 113 cm³/mol. The van der Waals surface area contributed by atoms with E-state index >= 15 is 0 Å². The van der Waals surface area contributed by atoms with Crippen LogP contribution in [0.15, 0.2) is 23.6 Å². The molecule has 0 N–H and O–H groups in total. The Bertz CT molecular complexity index is 843. The molecular weight excluding hydrogens is 388 g/mol. The third kappa shape index (κ3) is 4.90. The van der Waals surface area contributed by atoms with Crippen LogP contribution in [0.3, 0.4) is 0 Å². The monoisotopic (exact) mass is 416 g/mol. The van der Waals surface area contributed by atoms with Gasteiger partial charge in [0.05, 0.1) is 22.9 Å². The van der Waals surface area contributed by atoms with Gasteiger partial charge in [0.1, 0.15) is 5.75 Å². The summed E-state index contributed by atoms with van der Waals surface area (Å²) in [7, 11) is 1.80. The highest BCUT2D eigenvalue weighted by molar-refractivity contribution is 7.14. The first-order valence-corrected chi connectivity index (χ1v) is 11.2. The lowest BCUT2D eigenvalue weighted by Gasteiger charge is -2.29. The number of thiophene rings is 1. The zero-order valence-electron chi connectivity index (χ0n) is 17.1.